The van der Waals surface area contributed by atoms with Gasteiger partial charge in [0.25, 0.3) is 0 Å². The fourth-order valence-electron chi connectivity index (χ4n) is 4.42. The van der Waals surface area contributed by atoms with Crippen molar-refractivity contribution in [2.45, 2.75) is 18.6 Å². The van der Waals surface area contributed by atoms with E-state index in [9.17, 15) is 14.7 Å². The van der Waals surface area contributed by atoms with Gasteiger partial charge in [-0.3, -0.25) is 19.5 Å². The Morgan fingerprint density at radius 3 is 2.53 bits per heavy atom. The summed E-state index contributed by atoms with van der Waals surface area (Å²) in [6, 6.07) is 19.2. The zero-order chi connectivity index (χ0) is 22.5. The number of carboxylic acid groups (broad SMARTS) is 1. The van der Waals surface area contributed by atoms with Gasteiger partial charge < -0.3 is 9.84 Å². The van der Waals surface area contributed by atoms with Crippen LogP contribution in [0, 0.1) is 11.3 Å². The summed E-state index contributed by atoms with van der Waals surface area (Å²) < 4.78 is 5.65. The lowest BCUT2D eigenvalue weighted by molar-refractivity contribution is -0.139. The van der Waals surface area contributed by atoms with Gasteiger partial charge in [-0.2, -0.15) is 5.26 Å². The molecule has 166 valence electrons. The summed E-state index contributed by atoms with van der Waals surface area (Å²) >= 11 is 0. The number of carboxylic acids is 1. The van der Waals surface area contributed by atoms with Crippen molar-refractivity contribution in [2.24, 2.45) is 0 Å². The van der Waals surface area contributed by atoms with E-state index in [4.69, 9.17) is 10.00 Å². The van der Waals surface area contributed by atoms with Crippen molar-refractivity contribution in [3.05, 3.63) is 65.7 Å². The quantitative estimate of drug-likeness (QED) is 0.713. The Hall–Kier alpha value is -3.41. The number of rotatable bonds is 7. The van der Waals surface area contributed by atoms with E-state index in [0.29, 0.717) is 37.4 Å². The van der Waals surface area contributed by atoms with Crippen LogP contribution in [0.3, 0.4) is 0 Å². The van der Waals surface area contributed by atoms with E-state index in [2.05, 4.69) is 23.1 Å². The molecule has 2 saturated heterocycles. The summed E-state index contributed by atoms with van der Waals surface area (Å²) in [4.78, 5) is 29.6. The summed E-state index contributed by atoms with van der Waals surface area (Å²) in [5.41, 5.74) is 2.45. The normalized spacial score (nSPS) is 21.8. The Bertz CT molecular complexity index is 989. The average Bonchev–Trinajstić information content (AvgIpc) is 3.16. The van der Waals surface area contributed by atoms with E-state index < -0.39 is 5.97 Å². The Balaban J connectivity index is 1.43. The number of carbonyl (C=O) groups excluding carboxylic acids is 1. The second kappa shape index (κ2) is 9.81. The maximum absolute atomic E-state index is 12.5. The van der Waals surface area contributed by atoms with Gasteiger partial charge in [0.15, 0.2) is 0 Å². The number of carbonyl (C=O) groups is 2. The van der Waals surface area contributed by atoms with E-state index in [1.807, 2.05) is 23.1 Å². The van der Waals surface area contributed by atoms with Gasteiger partial charge in [0, 0.05) is 37.9 Å². The first-order valence-electron chi connectivity index (χ1n) is 10.7. The standard InChI is InChI=1S/C24H26N4O4/c25-13-19-6-8-20(9-7-19)28-16-22(32-24(28)31)15-27-11-10-26(17-23(29)30)14-21(27)12-18-4-2-1-3-5-18/h1-9,21-22H,10-12,14-17H2,(H,29,30). The Morgan fingerprint density at radius 1 is 1.09 bits per heavy atom. The molecule has 2 atom stereocenters. The van der Waals surface area contributed by atoms with Gasteiger partial charge in [0.1, 0.15) is 6.10 Å². The fourth-order valence-corrected chi connectivity index (χ4v) is 4.42. The predicted molar refractivity (Wildman–Crippen MR) is 118 cm³/mol. The molecule has 2 fully saturated rings. The summed E-state index contributed by atoms with van der Waals surface area (Å²) in [6.45, 7) is 3.10. The lowest BCUT2D eigenvalue weighted by Gasteiger charge is -2.41. The number of nitriles is 1. The first-order chi connectivity index (χ1) is 15.5. The summed E-state index contributed by atoms with van der Waals surface area (Å²) in [5, 5.41) is 18.2. The van der Waals surface area contributed by atoms with E-state index in [1.165, 1.54) is 5.56 Å². The number of benzene rings is 2. The smallest absolute Gasteiger partial charge is 0.414 e. The van der Waals surface area contributed by atoms with Crippen LogP contribution in [0.15, 0.2) is 54.6 Å². The fraction of sp³-hybridized carbons (Fsp3) is 0.375. The van der Waals surface area contributed by atoms with Crippen molar-refractivity contribution in [3.8, 4) is 6.07 Å². The van der Waals surface area contributed by atoms with Gasteiger partial charge in [0.05, 0.1) is 24.7 Å². The number of nitrogens with zero attached hydrogens (tertiary/aromatic N) is 4. The van der Waals surface area contributed by atoms with Crippen LogP contribution < -0.4 is 4.90 Å². The molecule has 1 N–H and O–H groups in total. The molecule has 2 unspecified atom stereocenters. The van der Waals surface area contributed by atoms with Crippen LogP contribution in [0.4, 0.5) is 10.5 Å². The van der Waals surface area contributed by atoms with Crippen LogP contribution in [0.25, 0.3) is 0 Å². The highest BCUT2D eigenvalue weighted by molar-refractivity contribution is 5.89. The van der Waals surface area contributed by atoms with Gasteiger partial charge in [-0.25, -0.2) is 4.79 Å². The highest BCUT2D eigenvalue weighted by Crippen LogP contribution is 2.24. The molecule has 2 aromatic rings. The minimum Gasteiger partial charge on any atom is -0.480 e. The van der Waals surface area contributed by atoms with E-state index in [-0.39, 0.29) is 24.8 Å². The van der Waals surface area contributed by atoms with Gasteiger partial charge in [-0.15, -0.1) is 0 Å². The molecule has 2 aliphatic rings. The molecule has 8 nitrogen and oxygen atoms in total. The lowest BCUT2D eigenvalue weighted by atomic mass is 10.0. The van der Waals surface area contributed by atoms with Crippen molar-refractivity contribution < 1.29 is 19.4 Å². The number of piperazine rings is 1. The zero-order valence-corrected chi connectivity index (χ0v) is 17.8. The average molecular weight is 434 g/mol. The number of amides is 1. The van der Waals surface area contributed by atoms with Crippen molar-refractivity contribution in [2.75, 3.05) is 44.2 Å². The molecule has 2 heterocycles. The maximum Gasteiger partial charge on any atom is 0.414 e. The second-order valence-electron chi connectivity index (χ2n) is 8.24. The molecular formula is C24H26N4O4. The molecule has 0 aliphatic carbocycles. The van der Waals surface area contributed by atoms with Crippen LogP contribution in [0.2, 0.25) is 0 Å². The summed E-state index contributed by atoms with van der Waals surface area (Å²) in [6.07, 6.45) is 0.142. The zero-order valence-electron chi connectivity index (χ0n) is 17.8. The van der Waals surface area contributed by atoms with Gasteiger partial charge in [-0.1, -0.05) is 30.3 Å². The highest BCUT2D eigenvalue weighted by atomic mass is 16.6. The molecule has 1 amide bonds. The van der Waals surface area contributed by atoms with Gasteiger partial charge in [-0.05, 0) is 36.2 Å². The van der Waals surface area contributed by atoms with E-state index in [0.717, 1.165) is 13.0 Å². The largest absolute Gasteiger partial charge is 0.480 e. The van der Waals surface area contributed by atoms with Crippen LogP contribution in [-0.2, 0) is 16.0 Å². The Kier molecular flexibility index (Phi) is 6.69. The predicted octanol–water partition coefficient (Wildman–Crippen LogP) is 2.20. The number of anilines is 1. The number of cyclic esters (lactones) is 1. The minimum atomic E-state index is -0.820. The van der Waals surface area contributed by atoms with E-state index in [1.54, 1.807) is 29.2 Å². The van der Waals surface area contributed by atoms with Crippen LogP contribution >= 0.6 is 0 Å². The Morgan fingerprint density at radius 2 is 1.84 bits per heavy atom. The van der Waals surface area contributed by atoms with E-state index >= 15 is 0 Å². The molecule has 8 heteroatoms. The molecule has 0 saturated carbocycles. The molecule has 2 aromatic carbocycles. The van der Waals surface area contributed by atoms with Crippen LogP contribution in [0.1, 0.15) is 11.1 Å². The number of hydrogen-bond acceptors (Lipinski definition) is 6. The SMILES string of the molecule is N#Cc1ccc(N2CC(CN3CCN(CC(=O)O)CC3Cc3ccccc3)OC2=O)cc1. The van der Waals surface area contributed by atoms with Crippen molar-refractivity contribution in [1.29, 1.82) is 5.26 Å². The van der Waals surface area contributed by atoms with Crippen molar-refractivity contribution in [1.82, 2.24) is 9.80 Å². The first-order valence-corrected chi connectivity index (χ1v) is 10.7. The second-order valence-corrected chi connectivity index (χ2v) is 8.24. The maximum atomic E-state index is 12.5. The Labute approximate surface area is 187 Å². The first kappa shape index (κ1) is 21.8. The van der Waals surface area contributed by atoms with Gasteiger partial charge in [0.2, 0.25) is 0 Å². The topological polar surface area (TPSA) is 97.1 Å². The lowest BCUT2D eigenvalue weighted by Crippen LogP contribution is -2.56. The molecule has 0 bridgehead atoms. The molecule has 0 radical (unpaired) electrons. The van der Waals surface area contributed by atoms with Crippen molar-refractivity contribution in [3.63, 3.8) is 0 Å². The monoisotopic (exact) mass is 434 g/mol. The molecule has 0 aromatic heterocycles. The third-order valence-electron chi connectivity index (χ3n) is 5.98. The third kappa shape index (κ3) is 5.25. The minimum absolute atomic E-state index is 0.0318. The summed E-state index contributed by atoms with van der Waals surface area (Å²) in [5.74, 6) is -0.820. The molecular weight excluding hydrogens is 408 g/mol. The number of ether oxygens (including phenoxy) is 1. The third-order valence-corrected chi connectivity index (χ3v) is 5.98. The molecule has 4 rings (SSSR count). The summed E-state index contributed by atoms with van der Waals surface area (Å²) in [7, 11) is 0. The van der Waals surface area contributed by atoms with Gasteiger partial charge >= 0.3 is 12.1 Å². The molecule has 32 heavy (non-hydrogen) atoms. The van der Waals surface area contributed by atoms with Crippen LogP contribution in [0.5, 0.6) is 0 Å². The van der Waals surface area contributed by atoms with Crippen molar-refractivity contribution >= 4 is 17.7 Å². The number of aliphatic carboxylic acids is 1. The number of hydrogen-bond donors (Lipinski definition) is 1. The van der Waals surface area contributed by atoms with Crippen LogP contribution in [-0.4, -0.2) is 78.4 Å². The highest BCUT2D eigenvalue weighted by Gasteiger charge is 2.36. The molecule has 2 aliphatic heterocycles. The molecule has 0 spiro atoms.